The fraction of sp³-hybridized carbons (Fsp3) is 0.643. The van der Waals surface area contributed by atoms with Gasteiger partial charge in [-0.3, -0.25) is 9.78 Å². The number of benzene rings is 1. The number of carboxylic acid groups (broad SMARTS) is 1. The molecule has 1 saturated carbocycles. The van der Waals surface area contributed by atoms with Crippen molar-refractivity contribution in [2.24, 2.45) is 17.1 Å². The Labute approximate surface area is 208 Å². The molecule has 3 N–H and O–H groups in total. The van der Waals surface area contributed by atoms with Crippen molar-refractivity contribution in [2.45, 2.75) is 76.9 Å². The van der Waals surface area contributed by atoms with Gasteiger partial charge in [0.2, 0.25) is 0 Å². The molecule has 2 aliphatic rings. The van der Waals surface area contributed by atoms with Crippen molar-refractivity contribution in [3.63, 3.8) is 0 Å². The first-order valence-electron chi connectivity index (χ1n) is 13.2. The summed E-state index contributed by atoms with van der Waals surface area (Å²) in [6, 6.07) is 5.41. The zero-order valence-electron chi connectivity index (χ0n) is 21.0. The smallest absolute Gasteiger partial charge is 0.309 e. The number of nitrogens with two attached hydrogens (primary N) is 1. The largest absolute Gasteiger partial charge is 0.497 e. The lowest BCUT2D eigenvalue weighted by Gasteiger charge is -2.40. The number of carboxylic acids is 1. The molecule has 192 valence electrons. The van der Waals surface area contributed by atoms with E-state index in [1.807, 2.05) is 6.07 Å². The normalized spacial score (nSPS) is 20.1. The number of hydrogen-bond acceptors (Lipinski definition) is 5. The van der Waals surface area contributed by atoms with Gasteiger partial charge in [-0.15, -0.1) is 0 Å². The van der Waals surface area contributed by atoms with E-state index in [0.29, 0.717) is 47.0 Å². The van der Waals surface area contributed by atoms with Crippen molar-refractivity contribution in [3.05, 3.63) is 35.5 Å². The van der Waals surface area contributed by atoms with Crippen molar-refractivity contribution in [2.75, 3.05) is 26.7 Å². The van der Waals surface area contributed by atoms with Crippen LogP contribution >= 0.6 is 0 Å². The summed E-state index contributed by atoms with van der Waals surface area (Å²) < 4.78 is 21.2. The number of carbonyl (C=O) groups is 1. The van der Waals surface area contributed by atoms with Crippen LogP contribution in [0.5, 0.6) is 5.75 Å². The molecule has 0 amide bonds. The number of likely N-dealkylation sites (tertiary alicyclic amines) is 1. The SMILES string of the molecule is COc1ccc2ncc(CN)c([C@@H](F)CCC3(C(=O)O)CCN(CCC4CCCCC4)CC3)c2c1. The second-order valence-electron chi connectivity index (χ2n) is 10.5. The molecular formula is C28H40FN3O3. The number of rotatable bonds is 10. The fourth-order valence-corrected chi connectivity index (χ4v) is 6.06. The quantitative estimate of drug-likeness (QED) is 0.453. The number of methoxy groups -OCH3 is 1. The molecule has 0 unspecified atom stereocenters. The first-order valence-corrected chi connectivity index (χ1v) is 13.2. The number of piperidine rings is 1. The summed E-state index contributed by atoms with van der Waals surface area (Å²) in [4.78, 5) is 19.2. The molecule has 1 aliphatic carbocycles. The monoisotopic (exact) mass is 485 g/mol. The molecule has 0 radical (unpaired) electrons. The fourth-order valence-electron chi connectivity index (χ4n) is 6.06. The van der Waals surface area contributed by atoms with Crippen LogP contribution in [0.15, 0.2) is 24.4 Å². The van der Waals surface area contributed by atoms with Crippen LogP contribution in [0.4, 0.5) is 4.39 Å². The summed E-state index contributed by atoms with van der Waals surface area (Å²) in [5.41, 5.74) is 6.91. The maximum atomic E-state index is 15.8. The van der Waals surface area contributed by atoms with Gasteiger partial charge < -0.3 is 20.5 Å². The van der Waals surface area contributed by atoms with Crippen LogP contribution in [-0.2, 0) is 11.3 Å². The molecule has 0 bridgehead atoms. The van der Waals surface area contributed by atoms with Gasteiger partial charge in [-0.2, -0.15) is 0 Å². The molecular weight excluding hydrogens is 445 g/mol. The van der Waals surface area contributed by atoms with Crippen molar-refractivity contribution in [1.29, 1.82) is 0 Å². The van der Waals surface area contributed by atoms with Crippen LogP contribution in [-0.4, -0.2) is 47.7 Å². The number of aromatic nitrogens is 1. The van der Waals surface area contributed by atoms with Crippen molar-refractivity contribution >= 4 is 16.9 Å². The maximum Gasteiger partial charge on any atom is 0.309 e. The van der Waals surface area contributed by atoms with E-state index in [2.05, 4.69) is 9.88 Å². The highest BCUT2D eigenvalue weighted by molar-refractivity contribution is 5.85. The summed E-state index contributed by atoms with van der Waals surface area (Å²) >= 11 is 0. The van der Waals surface area contributed by atoms with Crippen molar-refractivity contribution in [1.82, 2.24) is 9.88 Å². The summed E-state index contributed by atoms with van der Waals surface area (Å²) in [6.07, 6.45) is 9.90. The molecule has 2 aromatic rings. The highest BCUT2D eigenvalue weighted by Gasteiger charge is 2.42. The second-order valence-corrected chi connectivity index (χ2v) is 10.5. The van der Waals surface area contributed by atoms with Gasteiger partial charge in [0.1, 0.15) is 11.9 Å². The third-order valence-electron chi connectivity index (χ3n) is 8.45. The van der Waals surface area contributed by atoms with Crippen LogP contribution in [0.3, 0.4) is 0 Å². The van der Waals surface area contributed by atoms with E-state index < -0.39 is 17.6 Å². The van der Waals surface area contributed by atoms with Gasteiger partial charge >= 0.3 is 5.97 Å². The molecule has 1 aromatic carbocycles. The van der Waals surface area contributed by atoms with E-state index in [0.717, 1.165) is 25.6 Å². The van der Waals surface area contributed by atoms with Gasteiger partial charge in [0.25, 0.3) is 0 Å². The Balaban J connectivity index is 1.42. The minimum Gasteiger partial charge on any atom is -0.497 e. The number of ether oxygens (including phenoxy) is 1. The number of fused-ring (bicyclic) bond motifs is 1. The van der Waals surface area contributed by atoms with E-state index in [1.54, 1.807) is 25.4 Å². The zero-order valence-corrected chi connectivity index (χ0v) is 21.0. The van der Waals surface area contributed by atoms with Gasteiger partial charge in [0.05, 0.1) is 18.0 Å². The van der Waals surface area contributed by atoms with Crippen LogP contribution < -0.4 is 10.5 Å². The first-order chi connectivity index (χ1) is 17.0. The first kappa shape index (κ1) is 25.8. The Bertz CT molecular complexity index is 995. The van der Waals surface area contributed by atoms with Gasteiger partial charge in [-0.05, 0) is 81.4 Å². The van der Waals surface area contributed by atoms with Gasteiger partial charge in [0.15, 0.2) is 0 Å². The number of pyridine rings is 1. The lowest BCUT2D eigenvalue weighted by atomic mass is 9.74. The van der Waals surface area contributed by atoms with Gasteiger partial charge in [-0.1, -0.05) is 32.1 Å². The Morgan fingerprint density at radius 2 is 2.03 bits per heavy atom. The Kier molecular flexibility index (Phi) is 8.60. The van der Waals surface area contributed by atoms with Gasteiger partial charge in [0, 0.05) is 23.7 Å². The molecule has 4 rings (SSSR count). The van der Waals surface area contributed by atoms with E-state index in [4.69, 9.17) is 10.5 Å². The summed E-state index contributed by atoms with van der Waals surface area (Å²) in [5, 5.41) is 10.8. The molecule has 6 nitrogen and oxygen atoms in total. The van der Waals surface area contributed by atoms with Crippen molar-refractivity contribution in [3.8, 4) is 5.75 Å². The van der Waals surface area contributed by atoms with Gasteiger partial charge in [-0.25, -0.2) is 4.39 Å². The maximum absolute atomic E-state index is 15.8. The van der Waals surface area contributed by atoms with Crippen LogP contribution in [0, 0.1) is 11.3 Å². The Hall–Kier alpha value is -2.25. The zero-order chi connectivity index (χ0) is 24.8. The van der Waals surface area contributed by atoms with Crippen LogP contribution in [0.2, 0.25) is 0 Å². The van der Waals surface area contributed by atoms with Crippen molar-refractivity contribution < 1.29 is 19.0 Å². The molecule has 35 heavy (non-hydrogen) atoms. The molecule has 2 heterocycles. The lowest BCUT2D eigenvalue weighted by molar-refractivity contribution is -0.153. The molecule has 1 aliphatic heterocycles. The molecule has 7 heteroatoms. The molecule has 1 atom stereocenters. The van der Waals surface area contributed by atoms with Crippen LogP contribution in [0.25, 0.3) is 10.9 Å². The standard InChI is InChI=1S/C28H40FN3O3/c1-35-22-7-8-25-23(17-22)26(21(18-30)19-31-25)24(29)9-11-28(27(33)34)12-15-32(16-13-28)14-10-20-5-3-2-4-6-20/h7-8,17,19-20,24H,2-6,9-16,18,30H2,1H3,(H,33,34)/t24-/m0/s1. The predicted octanol–water partition coefficient (Wildman–Crippen LogP) is 5.63. The van der Waals surface area contributed by atoms with Crippen LogP contribution in [0.1, 0.15) is 81.5 Å². The number of hydrogen-bond donors (Lipinski definition) is 2. The topological polar surface area (TPSA) is 88.7 Å². The van der Waals surface area contributed by atoms with E-state index in [1.165, 1.54) is 38.5 Å². The van der Waals surface area contributed by atoms with E-state index >= 15 is 4.39 Å². The summed E-state index contributed by atoms with van der Waals surface area (Å²) in [5.74, 6) is 0.661. The minimum absolute atomic E-state index is 0.150. The molecule has 0 spiro atoms. The minimum atomic E-state index is -1.31. The third-order valence-corrected chi connectivity index (χ3v) is 8.45. The number of alkyl halides is 1. The molecule has 1 aromatic heterocycles. The van der Waals surface area contributed by atoms with E-state index in [9.17, 15) is 9.90 Å². The average Bonchev–Trinajstić information content (AvgIpc) is 2.90. The van der Waals surface area contributed by atoms with E-state index in [-0.39, 0.29) is 13.0 Å². The number of nitrogens with zero attached hydrogens (tertiary/aromatic N) is 2. The predicted molar refractivity (Wildman–Crippen MR) is 136 cm³/mol. The number of halogens is 1. The highest BCUT2D eigenvalue weighted by atomic mass is 19.1. The summed E-state index contributed by atoms with van der Waals surface area (Å²) in [6.45, 7) is 2.78. The third kappa shape index (κ3) is 5.95. The Morgan fingerprint density at radius 3 is 2.69 bits per heavy atom. The number of aliphatic carboxylic acids is 1. The average molecular weight is 486 g/mol. The summed E-state index contributed by atoms with van der Waals surface area (Å²) in [7, 11) is 1.58. The molecule has 1 saturated heterocycles. The second kappa shape index (κ2) is 11.7. The Morgan fingerprint density at radius 1 is 1.29 bits per heavy atom. The highest BCUT2D eigenvalue weighted by Crippen LogP contribution is 2.41. The molecule has 2 fully saturated rings. The lowest BCUT2D eigenvalue weighted by Crippen LogP contribution is -2.45.